The average molecular weight is 562 g/mol. The van der Waals surface area contributed by atoms with Crippen LogP contribution in [0, 0.1) is 11.8 Å². The van der Waals surface area contributed by atoms with Crippen molar-refractivity contribution in [1.82, 2.24) is 19.5 Å². The number of carbonyl (C=O) groups is 3. The van der Waals surface area contributed by atoms with Gasteiger partial charge in [-0.3, -0.25) is 4.79 Å². The molecule has 2 aromatic heterocycles. The third-order valence-electron chi connectivity index (χ3n) is 6.20. The van der Waals surface area contributed by atoms with E-state index in [2.05, 4.69) is 15.0 Å². The Labute approximate surface area is 233 Å². The number of aromatic nitrogens is 4. The van der Waals surface area contributed by atoms with E-state index >= 15 is 0 Å². The molecule has 220 valence electrons. The average Bonchev–Trinajstić information content (AvgIpc) is 3.39. The first-order valence-corrected chi connectivity index (χ1v) is 13.4. The van der Waals surface area contributed by atoms with Gasteiger partial charge in [0.05, 0.1) is 31.5 Å². The number of hydrogen-bond acceptors (Lipinski definition) is 11. The second-order valence-electron chi connectivity index (χ2n) is 12.5. The molecular formula is C27H39N5O8. The van der Waals surface area contributed by atoms with Gasteiger partial charge in [-0.05, 0) is 68.7 Å². The van der Waals surface area contributed by atoms with Crippen LogP contribution in [0.15, 0.2) is 12.7 Å². The third kappa shape index (κ3) is 6.69. The summed E-state index contributed by atoms with van der Waals surface area (Å²) in [6.45, 7) is 16.2. The van der Waals surface area contributed by atoms with Gasteiger partial charge in [0.25, 0.3) is 0 Å². The molecule has 4 unspecified atom stereocenters. The van der Waals surface area contributed by atoms with Gasteiger partial charge in [0.15, 0.2) is 22.8 Å². The van der Waals surface area contributed by atoms with Gasteiger partial charge < -0.3 is 28.3 Å². The molecule has 13 heteroatoms. The molecular weight excluding hydrogens is 522 g/mol. The predicted octanol–water partition coefficient (Wildman–Crippen LogP) is 4.22. The van der Waals surface area contributed by atoms with E-state index in [4.69, 9.17) is 23.7 Å². The third-order valence-corrected chi connectivity index (χ3v) is 6.20. The van der Waals surface area contributed by atoms with Gasteiger partial charge in [-0.2, -0.15) is 4.90 Å². The smallest absolute Gasteiger partial charge is 0.425 e. The Morgan fingerprint density at radius 1 is 1.02 bits per heavy atom. The lowest BCUT2D eigenvalue weighted by Gasteiger charge is -2.28. The summed E-state index contributed by atoms with van der Waals surface area (Å²) in [5, 5.41) is 0. The van der Waals surface area contributed by atoms with Crippen molar-refractivity contribution in [3.05, 3.63) is 12.7 Å². The van der Waals surface area contributed by atoms with Gasteiger partial charge in [-0.15, -0.1) is 0 Å². The zero-order valence-electron chi connectivity index (χ0n) is 24.6. The monoisotopic (exact) mass is 561 g/mol. The summed E-state index contributed by atoms with van der Waals surface area (Å²) in [6.07, 6.45) is 0.770. The number of esters is 1. The highest BCUT2D eigenvalue weighted by Gasteiger charge is 2.56. The standard InChI is InChI=1S/C27H39N5O8/c1-10-36-22(33)16-11-15(16)19-17(37-27(8,9)38-19)12-31-14-30-18-20(31)28-13-29-21(18)32(23(34)39-25(2,3)4)24(35)40-26(5,6)7/h13-17,19H,10-12H2,1-9H3. The molecule has 0 radical (unpaired) electrons. The van der Waals surface area contributed by atoms with Crippen LogP contribution < -0.4 is 4.90 Å². The first-order chi connectivity index (χ1) is 18.5. The number of hydrogen-bond donors (Lipinski definition) is 0. The maximum absolute atomic E-state index is 13.2. The lowest BCUT2D eigenvalue weighted by atomic mass is 10.1. The molecule has 2 fully saturated rings. The van der Waals surface area contributed by atoms with Gasteiger partial charge in [0.2, 0.25) is 0 Å². The maximum Gasteiger partial charge on any atom is 0.425 e. The number of imide groups is 1. The molecule has 1 saturated carbocycles. The highest BCUT2D eigenvalue weighted by atomic mass is 16.8. The highest BCUT2D eigenvalue weighted by Crippen LogP contribution is 2.49. The van der Waals surface area contributed by atoms with Crippen molar-refractivity contribution >= 4 is 35.1 Å². The van der Waals surface area contributed by atoms with Gasteiger partial charge >= 0.3 is 18.2 Å². The molecule has 0 aromatic carbocycles. The fraction of sp³-hybridized carbons (Fsp3) is 0.704. The Balaban J connectivity index is 1.64. The number of nitrogens with zero attached hydrogens (tertiary/aromatic N) is 5. The lowest BCUT2D eigenvalue weighted by Crippen LogP contribution is -2.44. The first kappa shape index (κ1) is 29.7. The number of fused-ring (bicyclic) bond motifs is 1. The Kier molecular flexibility index (Phi) is 7.85. The molecule has 2 aromatic rings. The van der Waals surface area contributed by atoms with E-state index in [1.54, 1.807) is 53.0 Å². The van der Waals surface area contributed by atoms with Gasteiger partial charge in [-0.25, -0.2) is 24.5 Å². The molecule has 13 nitrogen and oxygen atoms in total. The minimum Gasteiger partial charge on any atom is -0.466 e. The SMILES string of the molecule is CCOC(=O)C1CC1C1OC(C)(C)OC1Cn1cnc2c(N(C(=O)OC(C)(C)C)C(=O)OC(C)(C)C)ncnc21. The van der Waals surface area contributed by atoms with Crippen LogP contribution in [0.5, 0.6) is 0 Å². The summed E-state index contributed by atoms with van der Waals surface area (Å²) >= 11 is 0. The Morgan fingerprint density at radius 2 is 1.65 bits per heavy atom. The molecule has 2 amide bonds. The van der Waals surface area contributed by atoms with Crippen LogP contribution >= 0.6 is 0 Å². The Bertz CT molecular complexity index is 1250. The zero-order valence-corrected chi connectivity index (χ0v) is 24.6. The number of imidazole rings is 1. The zero-order chi connectivity index (χ0) is 29.6. The highest BCUT2D eigenvalue weighted by molar-refractivity contribution is 6.12. The number of amides is 2. The minimum absolute atomic E-state index is 0.0272. The van der Waals surface area contributed by atoms with Crippen LogP contribution in [0.3, 0.4) is 0 Å². The molecule has 1 aliphatic carbocycles. The fourth-order valence-electron chi connectivity index (χ4n) is 4.69. The van der Waals surface area contributed by atoms with Crippen molar-refractivity contribution in [2.75, 3.05) is 11.5 Å². The summed E-state index contributed by atoms with van der Waals surface area (Å²) < 4.78 is 30.3. The van der Waals surface area contributed by atoms with Crippen LogP contribution in [0.25, 0.3) is 11.2 Å². The largest absolute Gasteiger partial charge is 0.466 e. The van der Waals surface area contributed by atoms with Crippen LogP contribution in [0.2, 0.25) is 0 Å². The molecule has 3 heterocycles. The molecule has 0 bridgehead atoms. The van der Waals surface area contributed by atoms with E-state index in [1.807, 2.05) is 13.8 Å². The Hall–Kier alpha value is -3.32. The normalized spacial score (nSPS) is 24.0. The van der Waals surface area contributed by atoms with Crippen molar-refractivity contribution < 1.29 is 38.1 Å². The van der Waals surface area contributed by atoms with E-state index in [0.717, 1.165) is 4.90 Å². The van der Waals surface area contributed by atoms with Crippen LogP contribution in [-0.4, -0.2) is 73.5 Å². The molecule has 4 rings (SSSR count). The fourth-order valence-corrected chi connectivity index (χ4v) is 4.69. The van der Waals surface area contributed by atoms with Crippen molar-refractivity contribution in [1.29, 1.82) is 0 Å². The van der Waals surface area contributed by atoms with Gasteiger partial charge in [0, 0.05) is 5.92 Å². The van der Waals surface area contributed by atoms with Crippen molar-refractivity contribution in [3.8, 4) is 0 Å². The maximum atomic E-state index is 13.2. The molecule has 0 N–H and O–H groups in total. The number of ether oxygens (including phenoxy) is 5. The second kappa shape index (κ2) is 10.6. The predicted molar refractivity (Wildman–Crippen MR) is 142 cm³/mol. The molecule has 0 spiro atoms. The van der Waals surface area contributed by atoms with Crippen LogP contribution in [0.1, 0.15) is 68.7 Å². The summed E-state index contributed by atoms with van der Waals surface area (Å²) in [6, 6.07) is 0. The number of carbonyl (C=O) groups excluding carboxylic acids is 3. The van der Waals surface area contributed by atoms with E-state index < -0.39 is 35.3 Å². The van der Waals surface area contributed by atoms with E-state index in [9.17, 15) is 14.4 Å². The topological polar surface area (TPSA) is 144 Å². The van der Waals surface area contributed by atoms with E-state index in [0.29, 0.717) is 25.2 Å². The first-order valence-electron chi connectivity index (χ1n) is 13.4. The molecule has 40 heavy (non-hydrogen) atoms. The summed E-state index contributed by atoms with van der Waals surface area (Å²) in [5.41, 5.74) is -1.19. The van der Waals surface area contributed by atoms with E-state index in [-0.39, 0.29) is 35.2 Å². The van der Waals surface area contributed by atoms with Gasteiger partial charge in [-0.1, -0.05) is 0 Å². The Morgan fingerprint density at radius 3 is 2.23 bits per heavy atom. The molecule has 1 saturated heterocycles. The molecule has 4 atom stereocenters. The van der Waals surface area contributed by atoms with Crippen molar-refractivity contribution in [3.63, 3.8) is 0 Å². The number of rotatable bonds is 6. The number of anilines is 1. The van der Waals surface area contributed by atoms with Crippen molar-refractivity contribution in [2.24, 2.45) is 11.8 Å². The summed E-state index contributed by atoms with van der Waals surface area (Å²) in [5.74, 6) is -1.40. The lowest BCUT2D eigenvalue weighted by molar-refractivity contribution is -0.152. The van der Waals surface area contributed by atoms with Gasteiger partial charge in [0.1, 0.15) is 23.6 Å². The van der Waals surface area contributed by atoms with E-state index in [1.165, 1.54) is 12.7 Å². The summed E-state index contributed by atoms with van der Waals surface area (Å²) in [4.78, 5) is 52.4. The molecule has 1 aliphatic heterocycles. The second-order valence-corrected chi connectivity index (χ2v) is 12.5. The van der Waals surface area contributed by atoms with Crippen LogP contribution in [-0.2, 0) is 35.0 Å². The quantitative estimate of drug-likeness (QED) is 0.369. The van der Waals surface area contributed by atoms with Crippen LogP contribution in [0.4, 0.5) is 15.4 Å². The summed E-state index contributed by atoms with van der Waals surface area (Å²) in [7, 11) is 0. The molecule has 2 aliphatic rings. The van der Waals surface area contributed by atoms with Crippen molar-refractivity contribution in [2.45, 2.75) is 104 Å². The minimum atomic E-state index is -0.954.